The summed E-state index contributed by atoms with van der Waals surface area (Å²) in [6, 6.07) is 12.7. The van der Waals surface area contributed by atoms with Gasteiger partial charge in [0.1, 0.15) is 4.90 Å². The van der Waals surface area contributed by atoms with Crippen molar-refractivity contribution in [1.29, 1.82) is 0 Å². The molecule has 4 nitrogen and oxygen atoms in total. The van der Waals surface area contributed by atoms with E-state index in [1.807, 2.05) is 38.1 Å². The van der Waals surface area contributed by atoms with Gasteiger partial charge >= 0.3 is 0 Å². The predicted octanol–water partition coefficient (Wildman–Crippen LogP) is 3.81. The van der Waals surface area contributed by atoms with Gasteiger partial charge in [0.05, 0.1) is 12.3 Å². The Morgan fingerprint density at radius 2 is 1.87 bits per heavy atom. The van der Waals surface area contributed by atoms with E-state index in [2.05, 4.69) is 4.72 Å². The van der Waals surface area contributed by atoms with Crippen LogP contribution in [0.3, 0.4) is 0 Å². The quantitative estimate of drug-likeness (QED) is 0.754. The minimum Gasteiger partial charge on any atom is -0.392 e. The lowest BCUT2D eigenvalue weighted by molar-refractivity contribution is 0.282. The van der Waals surface area contributed by atoms with Gasteiger partial charge < -0.3 is 5.11 Å². The van der Waals surface area contributed by atoms with Crippen LogP contribution in [0.25, 0.3) is 10.1 Å². The van der Waals surface area contributed by atoms with Gasteiger partial charge in [0.2, 0.25) is 0 Å². The third-order valence-corrected chi connectivity index (χ3v) is 6.48. The molecular formula is C17H17NO3S2. The summed E-state index contributed by atoms with van der Waals surface area (Å²) in [4.78, 5) is 1.08. The summed E-state index contributed by atoms with van der Waals surface area (Å²) in [6.45, 7) is 3.52. The molecule has 0 spiro atoms. The molecule has 0 unspecified atom stereocenters. The minimum atomic E-state index is -3.70. The fourth-order valence-electron chi connectivity index (χ4n) is 2.55. The molecular weight excluding hydrogens is 330 g/mol. The summed E-state index contributed by atoms with van der Waals surface area (Å²) in [5.41, 5.74) is 1.97. The van der Waals surface area contributed by atoms with Crippen LogP contribution < -0.4 is 4.72 Å². The number of fused-ring (bicyclic) bond motifs is 1. The highest BCUT2D eigenvalue weighted by Gasteiger charge is 2.23. The van der Waals surface area contributed by atoms with E-state index in [1.165, 1.54) is 11.3 Å². The molecule has 120 valence electrons. The Bertz CT molecular complexity index is 975. The zero-order valence-corrected chi connectivity index (χ0v) is 14.5. The van der Waals surface area contributed by atoms with Crippen molar-refractivity contribution in [3.05, 3.63) is 58.5 Å². The molecule has 2 N–H and O–H groups in total. The normalized spacial score (nSPS) is 11.8. The second-order valence-corrected chi connectivity index (χ2v) is 8.27. The first-order valence-electron chi connectivity index (χ1n) is 7.13. The van der Waals surface area contributed by atoms with E-state index >= 15 is 0 Å². The van der Waals surface area contributed by atoms with Crippen molar-refractivity contribution in [2.24, 2.45) is 0 Å². The summed E-state index contributed by atoms with van der Waals surface area (Å²) in [6.07, 6.45) is 0. The summed E-state index contributed by atoms with van der Waals surface area (Å²) < 4.78 is 29.4. The predicted molar refractivity (Wildman–Crippen MR) is 94.5 cm³/mol. The molecule has 23 heavy (non-hydrogen) atoms. The van der Waals surface area contributed by atoms with E-state index in [0.29, 0.717) is 16.1 Å². The first-order valence-corrected chi connectivity index (χ1v) is 9.43. The van der Waals surface area contributed by atoms with Gasteiger partial charge in [-0.05, 0) is 37.1 Å². The Balaban J connectivity index is 2.10. The van der Waals surface area contributed by atoms with Gasteiger partial charge in [-0.1, -0.05) is 30.3 Å². The molecule has 0 amide bonds. The highest BCUT2D eigenvalue weighted by atomic mass is 32.2. The molecule has 3 rings (SSSR count). The lowest BCUT2D eigenvalue weighted by Gasteiger charge is -2.12. The zero-order valence-electron chi connectivity index (χ0n) is 12.8. The van der Waals surface area contributed by atoms with Crippen molar-refractivity contribution in [2.45, 2.75) is 25.3 Å². The van der Waals surface area contributed by atoms with Crippen molar-refractivity contribution in [3.63, 3.8) is 0 Å². The average Bonchev–Trinajstić information content (AvgIpc) is 2.85. The zero-order chi connectivity index (χ0) is 16.6. The summed E-state index contributed by atoms with van der Waals surface area (Å²) in [7, 11) is -3.70. The number of rotatable bonds is 4. The van der Waals surface area contributed by atoms with Crippen LogP contribution in [0.5, 0.6) is 0 Å². The number of benzene rings is 2. The number of aliphatic hydroxyl groups excluding tert-OH is 1. The molecule has 0 saturated carbocycles. The number of sulfonamides is 1. The Morgan fingerprint density at radius 3 is 2.61 bits per heavy atom. The van der Waals surface area contributed by atoms with Crippen molar-refractivity contribution in [3.8, 4) is 0 Å². The molecule has 0 saturated heterocycles. The maximum atomic E-state index is 12.9. The highest BCUT2D eigenvalue weighted by Crippen LogP contribution is 2.35. The minimum absolute atomic E-state index is 0.130. The van der Waals surface area contributed by atoms with E-state index in [-0.39, 0.29) is 6.61 Å². The molecule has 1 aromatic heterocycles. The van der Waals surface area contributed by atoms with Crippen molar-refractivity contribution in [1.82, 2.24) is 0 Å². The summed E-state index contributed by atoms with van der Waals surface area (Å²) >= 11 is 1.47. The standard InChI is InChI=1S/C17H17NO3S2/c1-11-7-8-13(10-19)9-15(11)18-23(20,21)17-12(2)22-16-6-4-3-5-14(16)17/h3-9,18-19H,10H2,1-2H3. The summed E-state index contributed by atoms with van der Waals surface area (Å²) in [5.74, 6) is 0. The van der Waals surface area contributed by atoms with Crippen LogP contribution >= 0.6 is 11.3 Å². The fraction of sp³-hybridized carbons (Fsp3) is 0.176. The van der Waals surface area contributed by atoms with Crippen LogP contribution in [0, 0.1) is 13.8 Å². The number of hydrogen-bond donors (Lipinski definition) is 2. The molecule has 1 heterocycles. The van der Waals surface area contributed by atoms with Crippen LogP contribution in [-0.4, -0.2) is 13.5 Å². The third-order valence-electron chi connectivity index (χ3n) is 3.71. The van der Waals surface area contributed by atoms with Gasteiger partial charge in [-0.3, -0.25) is 4.72 Å². The second kappa shape index (κ2) is 5.96. The monoisotopic (exact) mass is 347 g/mol. The molecule has 0 fully saturated rings. The van der Waals surface area contributed by atoms with Gasteiger partial charge in [0.25, 0.3) is 10.0 Å². The van der Waals surface area contributed by atoms with Crippen molar-refractivity contribution in [2.75, 3.05) is 4.72 Å². The average molecular weight is 347 g/mol. The Labute approximate surface area is 139 Å². The van der Waals surface area contributed by atoms with Gasteiger partial charge in [0.15, 0.2) is 0 Å². The number of hydrogen-bond acceptors (Lipinski definition) is 4. The maximum Gasteiger partial charge on any atom is 0.263 e. The van der Waals surface area contributed by atoms with Crippen molar-refractivity contribution >= 4 is 37.1 Å². The van der Waals surface area contributed by atoms with E-state index < -0.39 is 10.0 Å². The molecule has 6 heteroatoms. The smallest absolute Gasteiger partial charge is 0.263 e. The molecule has 3 aromatic rings. The largest absolute Gasteiger partial charge is 0.392 e. The van der Waals surface area contributed by atoms with Crippen molar-refractivity contribution < 1.29 is 13.5 Å². The van der Waals surface area contributed by atoms with Crippen LogP contribution in [0.1, 0.15) is 16.0 Å². The molecule has 0 radical (unpaired) electrons. The first kappa shape index (κ1) is 16.0. The van der Waals surface area contributed by atoms with Gasteiger partial charge in [-0.2, -0.15) is 0 Å². The molecule has 0 aliphatic rings. The van der Waals surface area contributed by atoms with Crippen LogP contribution in [0.15, 0.2) is 47.4 Å². The Hall–Kier alpha value is -1.89. The van der Waals surface area contributed by atoms with E-state index in [1.54, 1.807) is 18.2 Å². The highest BCUT2D eigenvalue weighted by molar-refractivity contribution is 7.93. The SMILES string of the molecule is Cc1ccc(CO)cc1NS(=O)(=O)c1c(C)sc2ccccc12. The number of nitrogens with one attached hydrogen (secondary N) is 1. The third kappa shape index (κ3) is 2.97. The molecule has 0 aliphatic heterocycles. The van der Waals surface area contributed by atoms with Crippen LogP contribution in [0.4, 0.5) is 5.69 Å². The van der Waals surface area contributed by atoms with Gasteiger partial charge in [-0.25, -0.2) is 8.42 Å². The lowest BCUT2D eigenvalue weighted by Crippen LogP contribution is -2.14. The van der Waals surface area contributed by atoms with E-state index in [0.717, 1.165) is 20.5 Å². The van der Waals surface area contributed by atoms with Gasteiger partial charge in [0, 0.05) is 15.0 Å². The molecule has 0 aliphatic carbocycles. The van der Waals surface area contributed by atoms with E-state index in [4.69, 9.17) is 0 Å². The maximum absolute atomic E-state index is 12.9. The fourth-order valence-corrected chi connectivity index (χ4v) is 5.49. The molecule has 0 atom stereocenters. The van der Waals surface area contributed by atoms with Gasteiger partial charge in [-0.15, -0.1) is 11.3 Å². The Morgan fingerprint density at radius 1 is 1.13 bits per heavy atom. The first-order chi connectivity index (χ1) is 10.9. The number of thiophene rings is 1. The second-order valence-electron chi connectivity index (χ2n) is 5.40. The topological polar surface area (TPSA) is 66.4 Å². The lowest BCUT2D eigenvalue weighted by atomic mass is 10.1. The van der Waals surface area contributed by atoms with E-state index in [9.17, 15) is 13.5 Å². The number of anilines is 1. The van der Waals surface area contributed by atoms with Crippen LogP contribution in [-0.2, 0) is 16.6 Å². The molecule has 2 aromatic carbocycles. The van der Waals surface area contributed by atoms with Crippen LogP contribution in [0.2, 0.25) is 0 Å². The number of aryl methyl sites for hydroxylation is 2. The summed E-state index contributed by atoms with van der Waals surface area (Å²) in [5, 5.41) is 9.98. The number of aliphatic hydroxyl groups is 1. The molecule has 0 bridgehead atoms. The Kier molecular flexibility index (Phi) is 4.14.